The van der Waals surface area contributed by atoms with Crippen LogP contribution in [0.25, 0.3) is 0 Å². The Morgan fingerprint density at radius 3 is 2.68 bits per heavy atom. The molecule has 7 rings (SSSR count). The number of hydrogen-bond acceptors (Lipinski definition) is 7. The molecule has 196 valence electrons. The highest BCUT2D eigenvalue weighted by molar-refractivity contribution is 7.63. The van der Waals surface area contributed by atoms with Crippen LogP contribution in [-0.4, -0.2) is 53.0 Å². The summed E-state index contributed by atoms with van der Waals surface area (Å²) in [7, 11) is -2.52. The van der Waals surface area contributed by atoms with E-state index in [2.05, 4.69) is 19.1 Å². The summed E-state index contributed by atoms with van der Waals surface area (Å²) < 4.78 is 20.0. The fraction of sp³-hybridized carbons (Fsp3) is 0.607. The number of aryl methyl sites for hydroxylation is 1. The van der Waals surface area contributed by atoms with Gasteiger partial charge in [-0.05, 0) is 79.4 Å². The Morgan fingerprint density at radius 1 is 1.24 bits per heavy atom. The summed E-state index contributed by atoms with van der Waals surface area (Å²) in [5.74, 6) is 0.392. The molecule has 2 bridgehead atoms. The summed E-state index contributed by atoms with van der Waals surface area (Å²) in [5, 5.41) is 11.7. The molecule has 4 aliphatic carbocycles. The number of phenolic OH excluding ortho intramolecular Hbond substituents is 1. The van der Waals surface area contributed by atoms with Crippen LogP contribution in [0.2, 0.25) is 0 Å². The van der Waals surface area contributed by atoms with Crippen LogP contribution < -0.4 is 4.74 Å². The van der Waals surface area contributed by atoms with E-state index < -0.39 is 24.9 Å². The number of hydroxylamine groups is 2. The maximum atomic E-state index is 13.4. The van der Waals surface area contributed by atoms with Crippen LogP contribution in [0.3, 0.4) is 0 Å². The number of amides is 2. The van der Waals surface area contributed by atoms with Crippen LogP contribution in [0, 0.1) is 23.2 Å². The molecule has 0 radical (unpaired) electrons. The predicted molar refractivity (Wildman–Crippen MR) is 134 cm³/mol. The van der Waals surface area contributed by atoms with E-state index in [1.807, 2.05) is 13.3 Å². The van der Waals surface area contributed by atoms with Crippen molar-refractivity contribution >= 4 is 24.9 Å². The van der Waals surface area contributed by atoms with Crippen molar-refractivity contribution in [1.29, 1.82) is 0 Å². The van der Waals surface area contributed by atoms with Crippen molar-refractivity contribution in [3.05, 3.63) is 34.9 Å². The molecule has 2 aliphatic heterocycles. The Hall–Kier alpha value is -2.60. The van der Waals surface area contributed by atoms with Crippen molar-refractivity contribution < 1.29 is 33.6 Å². The highest BCUT2D eigenvalue weighted by Gasteiger charge is 2.78. The van der Waals surface area contributed by atoms with E-state index in [0.29, 0.717) is 29.1 Å². The molecule has 1 aromatic carbocycles. The molecule has 1 aromatic rings. The highest BCUT2D eigenvalue weighted by atomic mass is 31.2. The molecule has 1 N–H and O–H groups in total. The minimum atomic E-state index is -2.52. The smallest absolute Gasteiger partial charge is 0.333 e. The number of carbonyl (C=O) groups excluding carboxylic acids is 3. The summed E-state index contributed by atoms with van der Waals surface area (Å²) >= 11 is 0. The zero-order valence-electron chi connectivity index (χ0n) is 21.4. The maximum Gasteiger partial charge on any atom is 0.333 e. The molecule has 1 saturated heterocycles. The van der Waals surface area contributed by atoms with Gasteiger partial charge in [-0.1, -0.05) is 19.1 Å². The second-order valence-electron chi connectivity index (χ2n) is 12.4. The van der Waals surface area contributed by atoms with Crippen LogP contribution in [0.1, 0.15) is 55.7 Å². The third-order valence-corrected chi connectivity index (χ3v) is 12.4. The molecule has 6 aliphatic rings. The molecule has 8 nitrogen and oxygen atoms in total. The van der Waals surface area contributed by atoms with Gasteiger partial charge in [0.05, 0.1) is 19.2 Å². The lowest BCUT2D eigenvalue weighted by atomic mass is 9.48. The minimum absolute atomic E-state index is 0.0172. The monoisotopic (exact) mass is 525 g/mol. The van der Waals surface area contributed by atoms with E-state index in [0.717, 1.165) is 36.0 Å². The fourth-order valence-corrected chi connectivity index (χ4v) is 10.4. The Morgan fingerprint density at radius 2 is 1.97 bits per heavy atom. The average molecular weight is 526 g/mol. The van der Waals surface area contributed by atoms with Crippen molar-refractivity contribution in [2.24, 2.45) is 23.2 Å². The molecule has 2 spiro atoms. The Kier molecular flexibility index (Phi) is 4.63. The van der Waals surface area contributed by atoms with E-state index in [1.165, 1.54) is 0 Å². The van der Waals surface area contributed by atoms with E-state index in [9.17, 15) is 24.1 Å². The molecule has 3 fully saturated rings. The van der Waals surface area contributed by atoms with Gasteiger partial charge < -0.3 is 19.2 Å². The van der Waals surface area contributed by atoms with Gasteiger partial charge in [0.1, 0.15) is 6.10 Å². The Bertz CT molecular complexity index is 1350. The first-order chi connectivity index (χ1) is 17.5. The van der Waals surface area contributed by atoms with Gasteiger partial charge in [-0.3, -0.25) is 9.59 Å². The Labute approximate surface area is 215 Å². The van der Waals surface area contributed by atoms with E-state index in [4.69, 9.17) is 9.57 Å². The van der Waals surface area contributed by atoms with Gasteiger partial charge in [0.25, 0.3) is 11.8 Å². The molecule has 4 unspecified atom stereocenters. The molecule has 7 atom stereocenters. The SMILES string of the molecule is CC1C2CC[C@]34c5c6c(CCC(=O)ON7C(=O)CCC7=O)cc(O)c5O[C@H]3[C@@H](P(C)(C)=O)C=CC4C12C6. The number of benzene rings is 1. The molecular weight excluding hydrogens is 493 g/mol. The molecule has 2 heterocycles. The second-order valence-corrected chi connectivity index (χ2v) is 15.8. The van der Waals surface area contributed by atoms with E-state index in [-0.39, 0.29) is 53.5 Å². The molecule has 2 amide bonds. The number of aromatic hydroxyl groups is 1. The van der Waals surface area contributed by atoms with E-state index in [1.54, 1.807) is 6.07 Å². The number of allylic oxidation sites excluding steroid dienone is 1. The molecule has 0 aromatic heterocycles. The minimum Gasteiger partial charge on any atom is -0.504 e. The van der Waals surface area contributed by atoms with Crippen LogP contribution in [0.15, 0.2) is 18.2 Å². The molecule has 2 saturated carbocycles. The topological polar surface area (TPSA) is 110 Å². The zero-order chi connectivity index (χ0) is 26.1. The first kappa shape index (κ1) is 23.5. The van der Waals surface area contributed by atoms with Crippen LogP contribution in [0.4, 0.5) is 0 Å². The van der Waals surface area contributed by atoms with Crippen molar-refractivity contribution in [2.45, 2.75) is 69.0 Å². The number of phenols is 1. The number of ether oxygens (including phenoxy) is 1. The lowest BCUT2D eigenvalue weighted by Crippen LogP contribution is -2.58. The predicted octanol–water partition coefficient (Wildman–Crippen LogP) is 3.71. The summed E-state index contributed by atoms with van der Waals surface area (Å²) in [4.78, 5) is 41.4. The highest BCUT2D eigenvalue weighted by Crippen LogP contribution is 2.81. The van der Waals surface area contributed by atoms with Gasteiger partial charge in [0.15, 0.2) is 11.5 Å². The lowest BCUT2D eigenvalue weighted by molar-refractivity contribution is -0.197. The Balaban J connectivity index is 1.28. The average Bonchev–Trinajstić information content (AvgIpc) is 3.07. The van der Waals surface area contributed by atoms with Crippen molar-refractivity contribution in [1.82, 2.24) is 5.06 Å². The van der Waals surface area contributed by atoms with Crippen molar-refractivity contribution in [3.8, 4) is 11.5 Å². The van der Waals surface area contributed by atoms with Gasteiger partial charge in [-0.25, -0.2) is 4.79 Å². The van der Waals surface area contributed by atoms with E-state index >= 15 is 0 Å². The standard InChI is InChI=1S/C28H32NO7P/c1-14-17-10-11-27-20-6-5-19(37(2,3)34)26(27)35-25-18(30)12-15(16(24(25)27)13-28(14,17)20)4-9-23(33)36-29-21(31)7-8-22(29)32/h5-6,12,14,17,19-20,26,30H,4,7-11,13H2,1-3H3/t14?,17?,19-,20?,26-,27-,28?/m0/s1. The third-order valence-electron chi connectivity index (χ3n) is 10.5. The number of hydrogen-bond donors (Lipinski definition) is 1. The first-order valence-corrected chi connectivity index (χ1v) is 16.0. The normalized spacial score (nSPS) is 38.2. The van der Waals surface area contributed by atoms with Crippen LogP contribution in [0.5, 0.6) is 11.5 Å². The lowest BCUT2D eigenvalue weighted by Gasteiger charge is -2.55. The zero-order valence-corrected chi connectivity index (χ0v) is 22.3. The molecule has 9 heteroatoms. The van der Waals surface area contributed by atoms with Gasteiger partial charge in [0, 0.05) is 23.8 Å². The van der Waals surface area contributed by atoms with Crippen molar-refractivity contribution in [2.75, 3.05) is 13.3 Å². The quantitative estimate of drug-likeness (QED) is 0.355. The number of imide groups is 1. The van der Waals surface area contributed by atoms with Crippen LogP contribution in [-0.2, 0) is 42.0 Å². The largest absolute Gasteiger partial charge is 0.504 e. The summed E-state index contributed by atoms with van der Waals surface area (Å²) in [6, 6.07) is 1.70. The first-order valence-electron chi connectivity index (χ1n) is 13.3. The summed E-state index contributed by atoms with van der Waals surface area (Å²) in [5.41, 5.74) is 2.67. The fourth-order valence-electron chi connectivity index (χ4n) is 8.91. The molecule has 37 heavy (non-hydrogen) atoms. The van der Waals surface area contributed by atoms with Gasteiger partial charge in [-0.15, -0.1) is 5.06 Å². The second kappa shape index (κ2) is 7.28. The number of carbonyl (C=O) groups is 3. The summed E-state index contributed by atoms with van der Waals surface area (Å²) in [6.07, 6.45) is 7.50. The third kappa shape index (κ3) is 2.85. The van der Waals surface area contributed by atoms with Gasteiger partial charge in [0.2, 0.25) is 0 Å². The molecular formula is C28H32NO7P. The number of nitrogens with zero attached hydrogens (tertiary/aromatic N) is 1. The summed E-state index contributed by atoms with van der Waals surface area (Å²) in [6.45, 7) is 5.98. The van der Waals surface area contributed by atoms with Gasteiger partial charge in [-0.2, -0.15) is 0 Å². The van der Waals surface area contributed by atoms with Crippen LogP contribution >= 0.6 is 7.14 Å². The van der Waals surface area contributed by atoms with Crippen molar-refractivity contribution in [3.63, 3.8) is 0 Å². The number of rotatable bonds is 5. The maximum absolute atomic E-state index is 13.4. The van der Waals surface area contributed by atoms with Gasteiger partial charge >= 0.3 is 5.97 Å².